The third-order valence-electron chi connectivity index (χ3n) is 3.05. The summed E-state index contributed by atoms with van der Waals surface area (Å²) in [6.45, 7) is 1.95. The largest absolute Gasteiger partial charge is 0.496 e. The van der Waals surface area contributed by atoms with Crippen molar-refractivity contribution in [3.63, 3.8) is 0 Å². The van der Waals surface area contributed by atoms with Crippen LogP contribution in [0.4, 0.5) is 0 Å². The Hall–Kier alpha value is -1.42. The van der Waals surface area contributed by atoms with Crippen molar-refractivity contribution < 1.29 is 14.6 Å². The van der Waals surface area contributed by atoms with Gasteiger partial charge in [0.15, 0.2) is 0 Å². The third-order valence-corrected chi connectivity index (χ3v) is 3.52. The molecule has 0 heterocycles. The molecule has 5 heteroatoms. The molecule has 0 amide bonds. The summed E-state index contributed by atoms with van der Waals surface area (Å²) in [5.41, 5.74) is 1.47. The van der Waals surface area contributed by atoms with Crippen LogP contribution in [-0.4, -0.2) is 12.2 Å². The molecule has 3 nitrogen and oxygen atoms in total. The highest BCUT2D eigenvalue weighted by Crippen LogP contribution is 2.30. The van der Waals surface area contributed by atoms with E-state index in [0.717, 1.165) is 5.56 Å². The second-order valence-electron chi connectivity index (χ2n) is 4.60. The molecule has 0 aliphatic heterocycles. The van der Waals surface area contributed by atoms with Gasteiger partial charge in [-0.15, -0.1) is 0 Å². The van der Waals surface area contributed by atoms with Crippen molar-refractivity contribution in [1.82, 2.24) is 0 Å². The number of aliphatic hydroxyl groups is 1. The Kier molecular flexibility index (Phi) is 5.34. The highest BCUT2D eigenvalue weighted by atomic mass is 35.5. The highest BCUT2D eigenvalue weighted by Gasteiger charge is 2.11. The number of ether oxygens (including phenoxy) is 2. The van der Waals surface area contributed by atoms with E-state index in [9.17, 15) is 5.11 Å². The SMILES string of the molecule is COc1ccc(Cl)cc1COc1ccc(Cl)cc1[C@@H](C)O. The standard InChI is InChI=1S/C16H16Cl2O3/c1-10(19)14-8-13(18)4-6-16(14)21-9-11-7-12(17)3-5-15(11)20-2/h3-8,10,19H,9H2,1-2H3/t10-/m1/s1. The minimum atomic E-state index is -0.667. The summed E-state index contributed by atoms with van der Waals surface area (Å²) in [6, 6.07) is 10.5. The Morgan fingerprint density at radius 1 is 1.05 bits per heavy atom. The quantitative estimate of drug-likeness (QED) is 0.870. The first-order valence-electron chi connectivity index (χ1n) is 6.44. The summed E-state index contributed by atoms with van der Waals surface area (Å²) in [6.07, 6.45) is -0.667. The van der Waals surface area contributed by atoms with Gasteiger partial charge in [0.25, 0.3) is 0 Å². The van der Waals surface area contributed by atoms with Crippen LogP contribution in [0, 0.1) is 0 Å². The Morgan fingerprint density at radius 2 is 1.67 bits per heavy atom. The monoisotopic (exact) mass is 326 g/mol. The number of hydrogen-bond donors (Lipinski definition) is 1. The summed E-state index contributed by atoms with van der Waals surface area (Å²) in [5, 5.41) is 11.0. The second-order valence-corrected chi connectivity index (χ2v) is 5.48. The van der Waals surface area contributed by atoms with Crippen LogP contribution in [0.25, 0.3) is 0 Å². The molecule has 0 bridgehead atoms. The molecule has 0 aliphatic carbocycles. The Bertz CT molecular complexity index is 627. The fraction of sp³-hybridized carbons (Fsp3) is 0.250. The van der Waals surface area contributed by atoms with Gasteiger partial charge in [0, 0.05) is 21.2 Å². The van der Waals surface area contributed by atoms with Crippen LogP contribution in [0.2, 0.25) is 10.0 Å². The van der Waals surface area contributed by atoms with Gasteiger partial charge in [-0.25, -0.2) is 0 Å². The molecule has 2 aromatic rings. The number of hydrogen-bond acceptors (Lipinski definition) is 3. The summed E-state index contributed by atoms with van der Waals surface area (Å²) in [7, 11) is 1.59. The van der Waals surface area contributed by atoms with E-state index < -0.39 is 6.10 Å². The fourth-order valence-corrected chi connectivity index (χ4v) is 2.37. The Labute approximate surface area is 134 Å². The van der Waals surface area contributed by atoms with Crippen LogP contribution in [0.15, 0.2) is 36.4 Å². The van der Waals surface area contributed by atoms with Gasteiger partial charge in [0.1, 0.15) is 18.1 Å². The first-order chi connectivity index (χ1) is 10.0. The van der Waals surface area contributed by atoms with Gasteiger partial charge >= 0.3 is 0 Å². The highest BCUT2D eigenvalue weighted by molar-refractivity contribution is 6.31. The van der Waals surface area contributed by atoms with Crippen molar-refractivity contribution in [2.45, 2.75) is 19.6 Å². The third kappa shape index (κ3) is 4.03. The smallest absolute Gasteiger partial charge is 0.125 e. The summed E-state index contributed by atoms with van der Waals surface area (Å²) < 4.78 is 11.1. The van der Waals surface area contributed by atoms with E-state index in [-0.39, 0.29) is 6.61 Å². The van der Waals surface area contributed by atoms with Gasteiger partial charge in [0.05, 0.1) is 13.2 Å². The van der Waals surface area contributed by atoms with Gasteiger partial charge in [-0.1, -0.05) is 23.2 Å². The maximum atomic E-state index is 9.79. The van der Waals surface area contributed by atoms with Gasteiger partial charge in [0.2, 0.25) is 0 Å². The summed E-state index contributed by atoms with van der Waals surface area (Å²) in [5.74, 6) is 1.28. The zero-order valence-corrected chi connectivity index (χ0v) is 13.3. The number of rotatable bonds is 5. The molecule has 2 rings (SSSR count). The maximum Gasteiger partial charge on any atom is 0.125 e. The molecule has 0 aliphatic rings. The van der Waals surface area contributed by atoms with Crippen molar-refractivity contribution in [2.75, 3.05) is 7.11 Å². The minimum absolute atomic E-state index is 0.283. The predicted octanol–water partition coefficient (Wildman–Crippen LogP) is 4.63. The van der Waals surface area contributed by atoms with Crippen LogP contribution in [-0.2, 0) is 6.61 Å². The molecular weight excluding hydrogens is 311 g/mol. The van der Waals surface area contributed by atoms with E-state index in [4.69, 9.17) is 32.7 Å². The molecule has 112 valence electrons. The van der Waals surface area contributed by atoms with Crippen molar-refractivity contribution in [1.29, 1.82) is 0 Å². The van der Waals surface area contributed by atoms with E-state index in [1.165, 1.54) is 0 Å². The van der Waals surface area contributed by atoms with E-state index >= 15 is 0 Å². The van der Waals surface area contributed by atoms with E-state index in [2.05, 4.69) is 0 Å². The molecule has 0 fully saturated rings. The van der Waals surface area contributed by atoms with Gasteiger partial charge < -0.3 is 14.6 Å². The summed E-state index contributed by atoms with van der Waals surface area (Å²) >= 11 is 11.9. The van der Waals surface area contributed by atoms with Crippen molar-refractivity contribution >= 4 is 23.2 Å². The molecular formula is C16H16Cl2O3. The average molecular weight is 327 g/mol. The van der Waals surface area contributed by atoms with Crippen molar-refractivity contribution in [3.8, 4) is 11.5 Å². The number of benzene rings is 2. The van der Waals surface area contributed by atoms with E-state index in [0.29, 0.717) is 27.1 Å². The van der Waals surface area contributed by atoms with Crippen LogP contribution < -0.4 is 9.47 Å². The zero-order chi connectivity index (χ0) is 15.4. The predicted molar refractivity (Wildman–Crippen MR) is 84.4 cm³/mol. The minimum Gasteiger partial charge on any atom is -0.496 e. The maximum absolute atomic E-state index is 9.79. The number of aliphatic hydroxyl groups excluding tert-OH is 1. The molecule has 0 radical (unpaired) electrons. The van der Waals surface area contributed by atoms with Gasteiger partial charge in [-0.3, -0.25) is 0 Å². The molecule has 2 aromatic carbocycles. The molecule has 0 unspecified atom stereocenters. The Balaban J connectivity index is 2.22. The first-order valence-corrected chi connectivity index (χ1v) is 7.19. The molecule has 1 atom stereocenters. The molecule has 0 spiro atoms. The first kappa shape index (κ1) is 16.0. The van der Waals surface area contributed by atoms with Gasteiger partial charge in [-0.05, 0) is 43.3 Å². The lowest BCUT2D eigenvalue weighted by molar-refractivity contribution is 0.190. The second kappa shape index (κ2) is 7.03. The summed E-state index contributed by atoms with van der Waals surface area (Å²) in [4.78, 5) is 0. The van der Waals surface area contributed by atoms with Crippen LogP contribution >= 0.6 is 23.2 Å². The van der Waals surface area contributed by atoms with Crippen molar-refractivity contribution in [3.05, 3.63) is 57.6 Å². The van der Waals surface area contributed by atoms with E-state index in [1.807, 2.05) is 0 Å². The van der Waals surface area contributed by atoms with Gasteiger partial charge in [-0.2, -0.15) is 0 Å². The lowest BCUT2D eigenvalue weighted by Gasteiger charge is -2.15. The molecule has 0 saturated carbocycles. The van der Waals surface area contributed by atoms with E-state index in [1.54, 1.807) is 50.4 Å². The lowest BCUT2D eigenvalue weighted by Crippen LogP contribution is -2.02. The van der Waals surface area contributed by atoms with Crippen LogP contribution in [0.1, 0.15) is 24.2 Å². The number of halogens is 2. The Morgan fingerprint density at radius 3 is 2.29 bits per heavy atom. The topological polar surface area (TPSA) is 38.7 Å². The molecule has 21 heavy (non-hydrogen) atoms. The lowest BCUT2D eigenvalue weighted by atomic mass is 10.1. The molecule has 0 aromatic heterocycles. The molecule has 1 N–H and O–H groups in total. The average Bonchev–Trinajstić information content (AvgIpc) is 2.46. The zero-order valence-electron chi connectivity index (χ0n) is 11.8. The number of methoxy groups -OCH3 is 1. The normalized spacial score (nSPS) is 12.0. The molecule has 0 saturated heterocycles. The van der Waals surface area contributed by atoms with Crippen LogP contribution in [0.5, 0.6) is 11.5 Å². The van der Waals surface area contributed by atoms with Crippen molar-refractivity contribution in [2.24, 2.45) is 0 Å². The fourth-order valence-electron chi connectivity index (χ4n) is 1.99. The van der Waals surface area contributed by atoms with Crippen LogP contribution in [0.3, 0.4) is 0 Å².